The summed E-state index contributed by atoms with van der Waals surface area (Å²) in [6.07, 6.45) is 7.15. The van der Waals surface area contributed by atoms with Gasteiger partial charge in [-0.1, -0.05) is 18.6 Å². The van der Waals surface area contributed by atoms with Gasteiger partial charge in [0.2, 0.25) is 0 Å². The first kappa shape index (κ1) is 22.3. The van der Waals surface area contributed by atoms with Gasteiger partial charge in [0, 0.05) is 41.4 Å². The van der Waals surface area contributed by atoms with Crippen LogP contribution in [-0.2, 0) is 9.53 Å². The first-order valence-corrected chi connectivity index (χ1v) is 11.7. The van der Waals surface area contributed by atoms with Gasteiger partial charge < -0.3 is 20.3 Å². The molecule has 5 rings (SSSR count). The minimum absolute atomic E-state index is 0.0831. The van der Waals surface area contributed by atoms with E-state index in [1.54, 1.807) is 18.4 Å². The molecular formula is C27H28FN3O3. The molecule has 34 heavy (non-hydrogen) atoms. The predicted octanol–water partition coefficient (Wildman–Crippen LogP) is 4.21. The number of fused-ring (bicyclic) bond motifs is 1. The summed E-state index contributed by atoms with van der Waals surface area (Å²) in [5, 5.41) is 5.83. The number of anilines is 1. The molecular weight excluding hydrogens is 433 g/mol. The highest BCUT2D eigenvalue weighted by atomic mass is 19.1. The summed E-state index contributed by atoms with van der Waals surface area (Å²) in [5.74, 6) is -0.738. The van der Waals surface area contributed by atoms with E-state index in [2.05, 4.69) is 22.6 Å². The van der Waals surface area contributed by atoms with Gasteiger partial charge in [-0.25, -0.2) is 4.39 Å². The van der Waals surface area contributed by atoms with Crippen LogP contribution in [0.4, 0.5) is 10.1 Å². The second-order valence-electron chi connectivity index (χ2n) is 9.17. The van der Waals surface area contributed by atoms with Crippen molar-refractivity contribution >= 4 is 28.6 Å². The van der Waals surface area contributed by atoms with Gasteiger partial charge >= 0.3 is 0 Å². The third kappa shape index (κ3) is 4.61. The lowest BCUT2D eigenvalue weighted by Gasteiger charge is -2.32. The summed E-state index contributed by atoms with van der Waals surface area (Å²) in [5.41, 5.74) is 4.02. The molecule has 2 amide bonds. The van der Waals surface area contributed by atoms with Gasteiger partial charge in [-0.15, -0.1) is 0 Å². The molecule has 2 aromatic rings. The molecule has 0 bridgehead atoms. The predicted molar refractivity (Wildman–Crippen MR) is 130 cm³/mol. The molecule has 6 nitrogen and oxygen atoms in total. The molecule has 2 atom stereocenters. The third-order valence-corrected chi connectivity index (χ3v) is 6.84. The number of carbonyl (C=O) groups is 2. The SMILES string of the molecule is CN1CCCCC1CNC(=O)c1cccc(C2=COC(/C=C3/C(=O)Nc4ccc(F)cc43)C2)c1. The van der Waals surface area contributed by atoms with Crippen LogP contribution < -0.4 is 10.6 Å². The van der Waals surface area contributed by atoms with E-state index < -0.39 is 5.82 Å². The number of likely N-dealkylation sites (N-methyl/N-ethyl adjacent to an activating group) is 1. The number of carbonyl (C=O) groups excluding carboxylic acids is 2. The van der Waals surface area contributed by atoms with Crippen molar-refractivity contribution in [3.8, 4) is 0 Å². The summed E-state index contributed by atoms with van der Waals surface area (Å²) in [6.45, 7) is 1.72. The number of piperidine rings is 1. The van der Waals surface area contributed by atoms with Crippen LogP contribution in [0, 0.1) is 5.82 Å². The van der Waals surface area contributed by atoms with Crippen LogP contribution >= 0.6 is 0 Å². The number of halogens is 1. The molecule has 2 N–H and O–H groups in total. The van der Waals surface area contributed by atoms with Crippen molar-refractivity contribution in [2.24, 2.45) is 0 Å². The number of likely N-dealkylation sites (tertiary alicyclic amines) is 1. The monoisotopic (exact) mass is 461 g/mol. The fraction of sp³-hybridized carbons (Fsp3) is 0.333. The van der Waals surface area contributed by atoms with Crippen LogP contribution in [0.5, 0.6) is 0 Å². The van der Waals surface area contributed by atoms with Crippen LogP contribution in [0.2, 0.25) is 0 Å². The quantitative estimate of drug-likeness (QED) is 0.655. The lowest BCUT2D eigenvalue weighted by atomic mass is 9.98. The second-order valence-corrected chi connectivity index (χ2v) is 9.17. The van der Waals surface area contributed by atoms with Crippen molar-refractivity contribution in [3.63, 3.8) is 0 Å². The standard InChI is InChI=1S/C27H28FN3O3/c1-31-10-3-2-7-21(31)15-29-26(32)18-6-4-5-17(11-18)19-12-22(34-16-19)14-24-23-13-20(28)8-9-25(23)30-27(24)33/h4-6,8-9,11,13-14,16,21-22H,2-3,7,10,12,15H2,1H3,(H,29,32)(H,30,33)/b24-14+. The summed E-state index contributed by atoms with van der Waals surface area (Å²) < 4.78 is 19.5. The van der Waals surface area contributed by atoms with Crippen molar-refractivity contribution in [3.05, 3.63) is 77.3 Å². The van der Waals surface area contributed by atoms with Gasteiger partial charge in [-0.05, 0) is 74.0 Å². The number of nitrogens with zero attached hydrogens (tertiary/aromatic N) is 1. The molecule has 1 fully saturated rings. The normalized spacial score (nSPS) is 23.3. The van der Waals surface area contributed by atoms with Crippen LogP contribution in [0.1, 0.15) is 47.2 Å². The molecule has 2 aromatic carbocycles. The van der Waals surface area contributed by atoms with E-state index >= 15 is 0 Å². The van der Waals surface area contributed by atoms with E-state index in [4.69, 9.17) is 4.74 Å². The number of benzene rings is 2. The third-order valence-electron chi connectivity index (χ3n) is 6.84. The summed E-state index contributed by atoms with van der Waals surface area (Å²) in [7, 11) is 2.11. The lowest BCUT2D eigenvalue weighted by molar-refractivity contribution is -0.110. The Hall–Kier alpha value is -3.45. The molecule has 176 valence electrons. The highest BCUT2D eigenvalue weighted by Gasteiger charge is 2.28. The number of ether oxygens (including phenoxy) is 1. The smallest absolute Gasteiger partial charge is 0.256 e. The van der Waals surface area contributed by atoms with Crippen LogP contribution in [0.25, 0.3) is 11.1 Å². The molecule has 0 saturated carbocycles. The van der Waals surface area contributed by atoms with Gasteiger partial charge in [0.25, 0.3) is 11.8 Å². The van der Waals surface area contributed by atoms with Crippen molar-refractivity contribution in [1.82, 2.24) is 10.2 Å². The Morgan fingerprint density at radius 1 is 1.26 bits per heavy atom. The number of rotatable bonds is 5. The van der Waals surface area contributed by atoms with Gasteiger partial charge in [0.15, 0.2) is 0 Å². The number of hydrogen-bond acceptors (Lipinski definition) is 4. The zero-order chi connectivity index (χ0) is 23.7. The summed E-state index contributed by atoms with van der Waals surface area (Å²) in [4.78, 5) is 27.5. The molecule has 0 aromatic heterocycles. The molecule has 3 aliphatic heterocycles. The fourth-order valence-electron chi connectivity index (χ4n) is 4.85. The maximum atomic E-state index is 13.7. The Kier molecular flexibility index (Phi) is 6.20. The van der Waals surface area contributed by atoms with Gasteiger partial charge in [-0.3, -0.25) is 9.59 Å². The van der Waals surface area contributed by atoms with E-state index in [0.717, 1.165) is 24.1 Å². The highest BCUT2D eigenvalue weighted by Crippen LogP contribution is 2.35. The zero-order valence-electron chi connectivity index (χ0n) is 19.1. The Morgan fingerprint density at radius 3 is 3.00 bits per heavy atom. The van der Waals surface area contributed by atoms with E-state index in [-0.39, 0.29) is 17.9 Å². The van der Waals surface area contributed by atoms with Crippen LogP contribution in [0.15, 0.2) is 54.8 Å². The Bertz CT molecular complexity index is 1190. The minimum atomic E-state index is -0.391. The number of nitrogens with one attached hydrogen (secondary N) is 2. The van der Waals surface area contributed by atoms with E-state index in [1.807, 2.05) is 24.3 Å². The van der Waals surface area contributed by atoms with Crippen molar-refractivity contribution in [2.45, 2.75) is 37.8 Å². The minimum Gasteiger partial charge on any atom is -0.493 e. The molecule has 1 saturated heterocycles. The number of amides is 2. The summed E-state index contributed by atoms with van der Waals surface area (Å²) >= 11 is 0. The Balaban J connectivity index is 1.24. The van der Waals surface area contributed by atoms with Crippen LogP contribution in [-0.4, -0.2) is 49.0 Å². The van der Waals surface area contributed by atoms with E-state index in [9.17, 15) is 14.0 Å². The molecule has 2 unspecified atom stereocenters. The van der Waals surface area contributed by atoms with Crippen LogP contribution in [0.3, 0.4) is 0 Å². The first-order valence-electron chi connectivity index (χ1n) is 11.7. The van der Waals surface area contributed by atoms with Crippen molar-refractivity contribution in [2.75, 3.05) is 25.5 Å². The average molecular weight is 462 g/mol. The zero-order valence-corrected chi connectivity index (χ0v) is 19.1. The molecule has 3 heterocycles. The maximum absolute atomic E-state index is 13.7. The molecule has 0 aliphatic carbocycles. The van der Waals surface area contributed by atoms with Crippen molar-refractivity contribution in [1.29, 1.82) is 0 Å². The molecule has 0 radical (unpaired) electrons. The second kappa shape index (κ2) is 9.43. The van der Waals surface area contributed by atoms with Gasteiger partial charge in [0.05, 0.1) is 6.26 Å². The largest absolute Gasteiger partial charge is 0.493 e. The topological polar surface area (TPSA) is 70.7 Å². The molecule has 0 spiro atoms. The van der Waals surface area contributed by atoms with Gasteiger partial charge in [0.1, 0.15) is 11.9 Å². The lowest BCUT2D eigenvalue weighted by Crippen LogP contribution is -2.44. The average Bonchev–Trinajstić information content (AvgIpc) is 3.43. The first-order chi connectivity index (χ1) is 16.5. The highest BCUT2D eigenvalue weighted by molar-refractivity contribution is 6.31. The Labute approximate surface area is 198 Å². The van der Waals surface area contributed by atoms with E-state index in [0.29, 0.717) is 41.4 Å². The maximum Gasteiger partial charge on any atom is 0.256 e. The van der Waals surface area contributed by atoms with E-state index in [1.165, 1.54) is 25.0 Å². The fourth-order valence-corrected chi connectivity index (χ4v) is 4.85. The Morgan fingerprint density at radius 2 is 2.15 bits per heavy atom. The number of hydrogen-bond donors (Lipinski definition) is 2. The molecule has 3 aliphatic rings. The van der Waals surface area contributed by atoms with Crippen molar-refractivity contribution < 1.29 is 18.7 Å². The molecule has 7 heteroatoms. The van der Waals surface area contributed by atoms with Gasteiger partial charge in [-0.2, -0.15) is 0 Å². The summed E-state index contributed by atoms with van der Waals surface area (Å²) in [6, 6.07) is 12.1.